The standard InChI is InChI=1S/C12H12F5/c1-2-7-11(13,14)8-9-3-5-10(6-4-9)12(15,16)17/h3-6H,1-2,7-8H2. The molecule has 0 spiro atoms. The van der Waals surface area contributed by atoms with Gasteiger partial charge in [-0.3, -0.25) is 0 Å². The molecule has 0 N–H and O–H groups in total. The van der Waals surface area contributed by atoms with Gasteiger partial charge in [0.1, 0.15) is 0 Å². The summed E-state index contributed by atoms with van der Waals surface area (Å²) in [5.74, 6) is -2.92. The van der Waals surface area contributed by atoms with Crippen LogP contribution in [0.4, 0.5) is 22.0 Å². The fourth-order valence-corrected chi connectivity index (χ4v) is 1.46. The van der Waals surface area contributed by atoms with Gasteiger partial charge in [-0.1, -0.05) is 19.1 Å². The van der Waals surface area contributed by atoms with E-state index in [4.69, 9.17) is 0 Å². The molecular weight excluding hydrogens is 239 g/mol. The van der Waals surface area contributed by atoms with E-state index in [2.05, 4.69) is 6.92 Å². The Hall–Kier alpha value is -1.13. The first-order chi connectivity index (χ1) is 7.74. The van der Waals surface area contributed by atoms with Crippen molar-refractivity contribution >= 4 is 0 Å². The van der Waals surface area contributed by atoms with Gasteiger partial charge in [0.15, 0.2) is 0 Å². The number of benzene rings is 1. The molecule has 17 heavy (non-hydrogen) atoms. The molecule has 0 amide bonds. The molecule has 0 heterocycles. The minimum Gasteiger partial charge on any atom is -0.207 e. The third-order valence-corrected chi connectivity index (χ3v) is 2.29. The van der Waals surface area contributed by atoms with Gasteiger partial charge in [0.2, 0.25) is 0 Å². The summed E-state index contributed by atoms with van der Waals surface area (Å²) >= 11 is 0. The van der Waals surface area contributed by atoms with E-state index in [1.54, 1.807) is 0 Å². The van der Waals surface area contributed by atoms with Gasteiger partial charge in [-0.25, -0.2) is 8.78 Å². The van der Waals surface area contributed by atoms with Crippen molar-refractivity contribution in [3.05, 3.63) is 42.3 Å². The lowest BCUT2D eigenvalue weighted by Gasteiger charge is -2.15. The van der Waals surface area contributed by atoms with Crippen molar-refractivity contribution in [3.8, 4) is 0 Å². The van der Waals surface area contributed by atoms with Crippen LogP contribution < -0.4 is 0 Å². The van der Waals surface area contributed by atoms with Crippen molar-refractivity contribution < 1.29 is 22.0 Å². The minimum absolute atomic E-state index is 0.0909. The maximum absolute atomic E-state index is 13.2. The highest BCUT2D eigenvalue weighted by atomic mass is 19.4. The second-order valence-electron chi connectivity index (χ2n) is 3.83. The first-order valence-corrected chi connectivity index (χ1v) is 5.08. The molecule has 0 fully saturated rings. The van der Waals surface area contributed by atoms with Crippen molar-refractivity contribution in [1.82, 2.24) is 0 Å². The van der Waals surface area contributed by atoms with Gasteiger partial charge in [-0.2, -0.15) is 13.2 Å². The summed E-state index contributed by atoms with van der Waals surface area (Å²) in [6.45, 7) is 3.33. The van der Waals surface area contributed by atoms with Crippen LogP contribution in [-0.4, -0.2) is 5.92 Å². The number of hydrogen-bond donors (Lipinski definition) is 0. The summed E-state index contributed by atoms with van der Waals surface area (Å²) < 4.78 is 63.0. The molecule has 0 nitrogen and oxygen atoms in total. The molecule has 0 bridgehead atoms. The van der Waals surface area contributed by atoms with Gasteiger partial charge in [0.05, 0.1) is 5.56 Å². The first kappa shape index (κ1) is 13.9. The van der Waals surface area contributed by atoms with E-state index in [9.17, 15) is 22.0 Å². The van der Waals surface area contributed by atoms with Crippen LogP contribution >= 0.6 is 0 Å². The van der Waals surface area contributed by atoms with E-state index in [1.165, 1.54) is 0 Å². The number of halogens is 5. The lowest BCUT2D eigenvalue weighted by Crippen LogP contribution is -2.19. The predicted octanol–water partition coefficient (Wildman–Crippen LogP) is 4.50. The summed E-state index contributed by atoms with van der Waals surface area (Å²) in [5.41, 5.74) is -0.641. The van der Waals surface area contributed by atoms with Crippen LogP contribution in [0.15, 0.2) is 24.3 Å². The van der Waals surface area contributed by atoms with Gasteiger partial charge in [0.25, 0.3) is 5.92 Å². The fraction of sp³-hybridized carbons (Fsp3) is 0.417. The molecular formula is C12H12F5. The van der Waals surface area contributed by atoms with Crippen molar-refractivity contribution in [3.63, 3.8) is 0 Å². The second-order valence-corrected chi connectivity index (χ2v) is 3.83. The van der Waals surface area contributed by atoms with Crippen molar-refractivity contribution in [2.45, 2.75) is 31.4 Å². The van der Waals surface area contributed by atoms with Crippen LogP contribution in [0.3, 0.4) is 0 Å². The van der Waals surface area contributed by atoms with Crippen LogP contribution in [0.5, 0.6) is 0 Å². The summed E-state index contributed by atoms with van der Waals surface area (Å²) in [6.07, 6.45) is -5.27. The van der Waals surface area contributed by atoms with E-state index in [-0.39, 0.29) is 18.4 Å². The van der Waals surface area contributed by atoms with E-state index < -0.39 is 24.1 Å². The molecule has 1 radical (unpaired) electrons. The van der Waals surface area contributed by atoms with E-state index >= 15 is 0 Å². The molecule has 5 heteroatoms. The van der Waals surface area contributed by atoms with Gasteiger partial charge in [-0.05, 0) is 24.1 Å². The normalized spacial score (nSPS) is 12.8. The maximum Gasteiger partial charge on any atom is 0.416 e. The van der Waals surface area contributed by atoms with Crippen molar-refractivity contribution in [1.29, 1.82) is 0 Å². The fourth-order valence-electron chi connectivity index (χ4n) is 1.46. The van der Waals surface area contributed by atoms with Gasteiger partial charge >= 0.3 is 6.18 Å². The molecule has 0 aliphatic rings. The molecule has 0 aromatic heterocycles. The second kappa shape index (κ2) is 5.02. The molecule has 0 saturated heterocycles. The van der Waals surface area contributed by atoms with Gasteiger partial charge in [-0.15, -0.1) is 0 Å². The molecule has 1 aromatic rings. The molecule has 95 valence electrons. The van der Waals surface area contributed by atoms with Gasteiger partial charge in [0, 0.05) is 12.8 Å². The predicted molar refractivity (Wildman–Crippen MR) is 54.7 cm³/mol. The highest BCUT2D eigenvalue weighted by molar-refractivity contribution is 5.25. The zero-order valence-electron chi connectivity index (χ0n) is 9.03. The molecule has 0 aliphatic heterocycles. The van der Waals surface area contributed by atoms with Crippen LogP contribution in [0.25, 0.3) is 0 Å². The van der Waals surface area contributed by atoms with Crippen LogP contribution in [0.2, 0.25) is 0 Å². The highest BCUT2D eigenvalue weighted by Gasteiger charge is 2.31. The van der Waals surface area contributed by atoms with Crippen molar-refractivity contribution in [2.24, 2.45) is 0 Å². The molecule has 0 saturated carbocycles. The summed E-state index contributed by atoms with van der Waals surface area (Å²) in [4.78, 5) is 0. The molecule has 0 aliphatic carbocycles. The molecule has 1 aromatic carbocycles. The van der Waals surface area contributed by atoms with Crippen molar-refractivity contribution in [2.75, 3.05) is 0 Å². The largest absolute Gasteiger partial charge is 0.416 e. The van der Waals surface area contributed by atoms with Crippen LogP contribution in [0, 0.1) is 6.92 Å². The minimum atomic E-state index is -4.44. The number of alkyl halides is 5. The molecule has 0 atom stereocenters. The van der Waals surface area contributed by atoms with Crippen LogP contribution in [-0.2, 0) is 12.6 Å². The Morgan fingerprint density at radius 3 is 1.88 bits per heavy atom. The van der Waals surface area contributed by atoms with Gasteiger partial charge < -0.3 is 0 Å². The monoisotopic (exact) mass is 251 g/mol. The Kier molecular flexibility index (Phi) is 4.11. The maximum atomic E-state index is 13.2. The summed E-state index contributed by atoms with van der Waals surface area (Å²) in [5, 5.41) is 0. The van der Waals surface area contributed by atoms with E-state index in [0.29, 0.717) is 0 Å². The highest BCUT2D eigenvalue weighted by Crippen LogP contribution is 2.30. The zero-order chi connectivity index (χ0) is 13.1. The Morgan fingerprint density at radius 2 is 1.47 bits per heavy atom. The quantitative estimate of drug-likeness (QED) is 0.691. The Bertz CT molecular complexity index is 350. The number of rotatable bonds is 4. The smallest absolute Gasteiger partial charge is 0.207 e. The Balaban J connectivity index is 2.75. The lowest BCUT2D eigenvalue weighted by atomic mass is 10.0. The molecule has 1 rings (SSSR count). The Labute approximate surface area is 96.4 Å². The summed E-state index contributed by atoms with van der Waals surface area (Å²) in [6, 6.07) is 3.80. The summed E-state index contributed by atoms with van der Waals surface area (Å²) in [7, 11) is 0. The van der Waals surface area contributed by atoms with E-state index in [0.717, 1.165) is 24.3 Å². The van der Waals surface area contributed by atoms with E-state index in [1.807, 2.05) is 0 Å². The average Bonchev–Trinajstić information content (AvgIpc) is 2.16. The Morgan fingerprint density at radius 1 is 0.941 bits per heavy atom. The zero-order valence-corrected chi connectivity index (χ0v) is 9.03. The third-order valence-electron chi connectivity index (χ3n) is 2.29. The topological polar surface area (TPSA) is 0 Å². The lowest BCUT2D eigenvalue weighted by molar-refractivity contribution is -0.137. The number of hydrogen-bond acceptors (Lipinski definition) is 0. The van der Waals surface area contributed by atoms with Crippen LogP contribution in [0.1, 0.15) is 24.0 Å². The first-order valence-electron chi connectivity index (χ1n) is 5.08. The SMILES string of the molecule is [CH2]CCC(F)(F)Cc1ccc(C(F)(F)F)cc1. The third kappa shape index (κ3) is 4.32. The molecule has 0 unspecified atom stereocenters. The average molecular weight is 251 g/mol.